The number of rotatable bonds is 6. The Morgan fingerprint density at radius 1 is 1.03 bits per heavy atom. The third-order valence-electron chi connectivity index (χ3n) is 5.91. The van der Waals surface area contributed by atoms with Crippen molar-refractivity contribution in [1.82, 2.24) is 29.4 Å². The van der Waals surface area contributed by atoms with Gasteiger partial charge in [0.1, 0.15) is 0 Å². The van der Waals surface area contributed by atoms with Gasteiger partial charge in [0, 0.05) is 12.3 Å². The zero-order chi connectivity index (χ0) is 23.1. The number of urea groups is 1. The second kappa shape index (κ2) is 8.36. The topological polar surface area (TPSA) is 102 Å². The lowest BCUT2D eigenvalue weighted by molar-refractivity contribution is -0.124. The zero-order valence-corrected chi connectivity index (χ0v) is 19.1. The molecule has 3 amide bonds. The Kier molecular flexibility index (Phi) is 5.37. The number of nitrogens with one attached hydrogen (secondary N) is 1. The van der Waals surface area contributed by atoms with E-state index in [0.29, 0.717) is 35.0 Å². The van der Waals surface area contributed by atoms with Crippen LogP contribution in [0.4, 0.5) is 4.79 Å². The quantitative estimate of drug-likeness (QED) is 0.269. The average molecular weight is 463 g/mol. The van der Waals surface area contributed by atoms with Crippen LogP contribution in [0, 0.1) is 13.8 Å². The van der Waals surface area contributed by atoms with E-state index in [2.05, 4.69) is 15.5 Å². The van der Waals surface area contributed by atoms with Crippen LogP contribution in [0.3, 0.4) is 0 Å². The molecule has 10 heteroatoms. The monoisotopic (exact) mass is 462 g/mol. The molecule has 1 aliphatic rings. The standard InChI is InChI=1S/C23H22N6O3S/c1-14-7-5-10-17(15(14)2)28-20(31)16-8-3-4-9-18(16)29-21(28)25-26-23(29)33-12-6-11-27-19(30)13-24-22(27)32/h3-5,7-10H,6,11-13H2,1-2H3,(H,24,32). The van der Waals surface area contributed by atoms with Gasteiger partial charge in [0.2, 0.25) is 11.7 Å². The van der Waals surface area contributed by atoms with E-state index in [0.717, 1.165) is 22.3 Å². The number of fused-ring (bicyclic) bond motifs is 3. The minimum atomic E-state index is -0.346. The molecule has 0 atom stereocenters. The minimum Gasteiger partial charge on any atom is -0.329 e. The molecule has 0 radical (unpaired) electrons. The number of para-hydroxylation sites is 1. The largest absolute Gasteiger partial charge is 0.329 e. The number of benzene rings is 2. The summed E-state index contributed by atoms with van der Waals surface area (Å²) >= 11 is 1.48. The second-order valence-corrected chi connectivity index (χ2v) is 8.96. The maximum absolute atomic E-state index is 13.5. The molecule has 33 heavy (non-hydrogen) atoms. The van der Waals surface area contributed by atoms with E-state index >= 15 is 0 Å². The molecule has 2 aromatic carbocycles. The van der Waals surface area contributed by atoms with Crippen molar-refractivity contribution in [1.29, 1.82) is 0 Å². The Hall–Kier alpha value is -3.66. The highest BCUT2D eigenvalue weighted by Gasteiger charge is 2.27. The van der Waals surface area contributed by atoms with Crippen molar-refractivity contribution in [3.63, 3.8) is 0 Å². The van der Waals surface area contributed by atoms with E-state index in [1.807, 2.05) is 60.7 Å². The molecular weight excluding hydrogens is 440 g/mol. The number of aromatic nitrogens is 4. The van der Waals surface area contributed by atoms with Gasteiger partial charge in [-0.15, -0.1) is 10.2 Å². The van der Waals surface area contributed by atoms with Crippen molar-refractivity contribution in [2.24, 2.45) is 0 Å². The molecule has 1 N–H and O–H groups in total. The van der Waals surface area contributed by atoms with Gasteiger partial charge in [-0.2, -0.15) is 0 Å². The maximum atomic E-state index is 13.5. The predicted octanol–water partition coefficient (Wildman–Crippen LogP) is 2.68. The lowest BCUT2D eigenvalue weighted by atomic mass is 10.1. The summed E-state index contributed by atoms with van der Waals surface area (Å²) in [7, 11) is 0. The second-order valence-electron chi connectivity index (χ2n) is 7.90. The number of nitrogens with zero attached hydrogens (tertiary/aromatic N) is 5. The van der Waals surface area contributed by atoms with Crippen molar-refractivity contribution in [2.45, 2.75) is 25.4 Å². The summed E-state index contributed by atoms with van der Waals surface area (Å²) in [5, 5.41) is 12.5. The van der Waals surface area contributed by atoms with Crippen LogP contribution in [0.1, 0.15) is 17.5 Å². The van der Waals surface area contributed by atoms with Crippen LogP contribution < -0.4 is 10.9 Å². The fourth-order valence-electron chi connectivity index (χ4n) is 4.03. The first kappa shape index (κ1) is 21.2. The van der Waals surface area contributed by atoms with Crippen LogP contribution in [0.2, 0.25) is 0 Å². The number of carbonyl (C=O) groups is 2. The zero-order valence-electron chi connectivity index (χ0n) is 18.2. The number of aryl methyl sites for hydroxylation is 1. The number of thioether (sulfide) groups is 1. The Bertz CT molecular complexity index is 1460. The molecule has 0 saturated carbocycles. The highest BCUT2D eigenvalue weighted by molar-refractivity contribution is 7.99. The molecule has 0 bridgehead atoms. The first-order valence-corrected chi connectivity index (χ1v) is 11.6. The van der Waals surface area contributed by atoms with Crippen LogP contribution >= 0.6 is 11.8 Å². The van der Waals surface area contributed by atoms with Crippen molar-refractivity contribution >= 4 is 40.4 Å². The van der Waals surface area contributed by atoms with Crippen LogP contribution in [-0.2, 0) is 4.79 Å². The van der Waals surface area contributed by atoms with Gasteiger partial charge in [0.25, 0.3) is 5.56 Å². The molecule has 3 heterocycles. The van der Waals surface area contributed by atoms with Crippen LogP contribution in [0.25, 0.3) is 22.4 Å². The number of hydrogen-bond acceptors (Lipinski definition) is 6. The molecule has 5 rings (SSSR count). The summed E-state index contributed by atoms with van der Waals surface area (Å²) in [6.45, 7) is 4.41. The SMILES string of the molecule is Cc1cccc(-n2c(=O)c3ccccc3n3c(SCCCN4C(=O)CNC4=O)nnc23)c1C. The highest BCUT2D eigenvalue weighted by Crippen LogP contribution is 2.25. The van der Waals surface area contributed by atoms with Gasteiger partial charge >= 0.3 is 6.03 Å². The summed E-state index contributed by atoms with van der Waals surface area (Å²) in [6.07, 6.45) is 0.618. The molecule has 0 spiro atoms. The predicted molar refractivity (Wildman–Crippen MR) is 126 cm³/mol. The van der Waals surface area contributed by atoms with Gasteiger partial charge in [0.05, 0.1) is 23.1 Å². The summed E-state index contributed by atoms with van der Waals surface area (Å²) in [5.41, 5.74) is 3.45. The van der Waals surface area contributed by atoms with Crippen molar-refractivity contribution in [2.75, 3.05) is 18.8 Å². The number of carbonyl (C=O) groups excluding carboxylic acids is 2. The summed E-state index contributed by atoms with van der Waals surface area (Å²) in [4.78, 5) is 38.2. The fraction of sp³-hybridized carbons (Fsp3) is 0.261. The van der Waals surface area contributed by atoms with E-state index in [1.54, 1.807) is 4.57 Å². The van der Waals surface area contributed by atoms with E-state index in [1.165, 1.54) is 16.7 Å². The molecular formula is C23H22N6O3S. The van der Waals surface area contributed by atoms with E-state index in [-0.39, 0.29) is 24.0 Å². The molecule has 0 unspecified atom stereocenters. The molecule has 9 nitrogen and oxygen atoms in total. The van der Waals surface area contributed by atoms with Gasteiger partial charge in [-0.25, -0.2) is 9.36 Å². The average Bonchev–Trinajstić information content (AvgIpc) is 3.37. The minimum absolute atomic E-state index is 0.0582. The van der Waals surface area contributed by atoms with Gasteiger partial charge in [0.15, 0.2) is 5.16 Å². The third kappa shape index (κ3) is 3.56. The fourth-order valence-corrected chi connectivity index (χ4v) is 4.90. The van der Waals surface area contributed by atoms with E-state index < -0.39 is 0 Å². The lowest BCUT2D eigenvalue weighted by Gasteiger charge is -2.14. The van der Waals surface area contributed by atoms with Crippen LogP contribution in [0.5, 0.6) is 0 Å². The lowest BCUT2D eigenvalue weighted by Crippen LogP contribution is -2.32. The normalized spacial score (nSPS) is 13.9. The summed E-state index contributed by atoms with van der Waals surface area (Å²) in [5.74, 6) is 0.875. The summed E-state index contributed by atoms with van der Waals surface area (Å²) in [6, 6.07) is 12.9. The molecule has 168 valence electrons. The molecule has 1 fully saturated rings. The molecule has 1 aliphatic heterocycles. The van der Waals surface area contributed by atoms with Gasteiger partial charge in [-0.3, -0.25) is 18.9 Å². The van der Waals surface area contributed by atoms with Crippen molar-refractivity contribution in [3.05, 3.63) is 63.9 Å². The Morgan fingerprint density at radius 2 is 1.85 bits per heavy atom. The first-order valence-electron chi connectivity index (χ1n) is 10.6. The maximum Gasteiger partial charge on any atom is 0.324 e. The van der Waals surface area contributed by atoms with Crippen molar-refractivity contribution < 1.29 is 9.59 Å². The van der Waals surface area contributed by atoms with Crippen LogP contribution in [-0.4, -0.2) is 54.8 Å². The van der Waals surface area contributed by atoms with E-state index in [9.17, 15) is 14.4 Å². The third-order valence-corrected chi connectivity index (χ3v) is 6.92. The number of hydrogen-bond donors (Lipinski definition) is 1. The Balaban J connectivity index is 1.54. The Morgan fingerprint density at radius 3 is 2.64 bits per heavy atom. The van der Waals surface area contributed by atoms with Crippen LogP contribution in [0.15, 0.2) is 52.4 Å². The smallest absolute Gasteiger partial charge is 0.324 e. The van der Waals surface area contributed by atoms with Gasteiger partial charge in [-0.1, -0.05) is 36.0 Å². The van der Waals surface area contributed by atoms with Crippen molar-refractivity contribution in [3.8, 4) is 5.69 Å². The first-order chi connectivity index (χ1) is 16.0. The number of amides is 3. The molecule has 1 saturated heterocycles. The van der Waals surface area contributed by atoms with Gasteiger partial charge in [-0.05, 0) is 49.6 Å². The Labute approximate surface area is 193 Å². The molecule has 2 aromatic heterocycles. The van der Waals surface area contributed by atoms with E-state index in [4.69, 9.17) is 0 Å². The number of imide groups is 1. The summed E-state index contributed by atoms with van der Waals surface area (Å²) < 4.78 is 3.52. The van der Waals surface area contributed by atoms with Gasteiger partial charge < -0.3 is 5.32 Å². The highest BCUT2D eigenvalue weighted by atomic mass is 32.2. The molecule has 4 aromatic rings. The molecule has 0 aliphatic carbocycles.